The highest BCUT2D eigenvalue weighted by Gasteiger charge is 2.26. The van der Waals surface area contributed by atoms with Crippen LogP contribution in [0.15, 0.2) is 57.2 Å². The largest absolute Gasteiger partial charge is 0.353 e. The highest BCUT2D eigenvalue weighted by atomic mass is 32.2. The van der Waals surface area contributed by atoms with Crippen LogP contribution < -0.4 is 16.6 Å². The molecule has 0 atom stereocenters. The van der Waals surface area contributed by atoms with Gasteiger partial charge in [-0.2, -0.15) is 5.26 Å². The second-order valence-electron chi connectivity index (χ2n) is 8.39. The minimum Gasteiger partial charge on any atom is -0.353 e. The van der Waals surface area contributed by atoms with Gasteiger partial charge < -0.3 is 15.3 Å². The fourth-order valence-corrected chi connectivity index (χ4v) is 5.26. The van der Waals surface area contributed by atoms with Gasteiger partial charge in [0.2, 0.25) is 5.91 Å². The smallest absolute Gasteiger partial charge is 0.326 e. The van der Waals surface area contributed by atoms with Crippen LogP contribution in [0.25, 0.3) is 21.9 Å². The Labute approximate surface area is 198 Å². The van der Waals surface area contributed by atoms with Crippen LogP contribution in [0.3, 0.4) is 0 Å². The van der Waals surface area contributed by atoms with Gasteiger partial charge >= 0.3 is 5.69 Å². The lowest BCUT2D eigenvalue weighted by atomic mass is 9.91. The predicted octanol–water partition coefficient (Wildman–Crippen LogP) is 2.83. The van der Waals surface area contributed by atoms with E-state index in [-0.39, 0.29) is 35.0 Å². The Morgan fingerprint density at radius 3 is 2.74 bits per heavy atom. The Balaban J connectivity index is 1.18. The Hall–Kier alpha value is -3.84. The summed E-state index contributed by atoms with van der Waals surface area (Å²) in [5, 5.41) is 13.1. The molecule has 10 heteroatoms. The van der Waals surface area contributed by atoms with E-state index in [9.17, 15) is 14.4 Å². The van der Waals surface area contributed by atoms with Crippen LogP contribution in [0.5, 0.6) is 0 Å². The summed E-state index contributed by atoms with van der Waals surface area (Å²) in [6, 6.07) is 14.5. The molecule has 2 heterocycles. The van der Waals surface area contributed by atoms with Crippen molar-refractivity contribution in [1.82, 2.24) is 24.8 Å². The van der Waals surface area contributed by atoms with E-state index in [1.807, 2.05) is 12.1 Å². The molecule has 9 nitrogen and oxygen atoms in total. The van der Waals surface area contributed by atoms with Crippen molar-refractivity contribution in [1.29, 1.82) is 5.26 Å². The standard InChI is InChI=1S/C24H22N6O3S/c25-12-14-5-10-20-19(11-14)28-24(33)30(20)16-8-6-15(7-9-16)26-21(31)13-34-23-27-18-4-2-1-3-17(18)22(32)29-23/h1-5,10-11,15-16H,6-9,13H2,(H,26,31)(H,28,33)(H,27,29,32)/t15-,16-. The average molecular weight is 475 g/mol. The minimum absolute atomic E-state index is 0.0408. The molecular weight excluding hydrogens is 452 g/mol. The Morgan fingerprint density at radius 2 is 1.94 bits per heavy atom. The quantitative estimate of drug-likeness (QED) is 0.301. The number of hydrogen-bond acceptors (Lipinski definition) is 6. The number of nitriles is 1. The van der Waals surface area contributed by atoms with E-state index >= 15 is 0 Å². The van der Waals surface area contributed by atoms with Gasteiger partial charge in [-0.1, -0.05) is 23.9 Å². The molecule has 1 fully saturated rings. The number of hydrogen-bond donors (Lipinski definition) is 3. The number of rotatable bonds is 5. The number of aromatic nitrogens is 4. The Kier molecular flexibility index (Phi) is 5.94. The molecule has 172 valence electrons. The van der Waals surface area contributed by atoms with Gasteiger partial charge in [0.05, 0.1) is 39.3 Å². The highest BCUT2D eigenvalue weighted by Crippen LogP contribution is 2.30. The van der Waals surface area contributed by atoms with Crippen molar-refractivity contribution in [2.75, 3.05) is 5.75 Å². The summed E-state index contributed by atoms with van der Waals surface area (Å²) in [5.41, 5.74) is 2.17. The second-order valence-corrected chi connectivity index (χ2v) is 9.36. The molecule has 0 aliphatic heterocycles. The molecule has 1 aliphatic carbocycles. The number of fused-ring (bicyclic) bond motifs is 2. The lowest BCUT2D eigenvalue weighted by Crippen LogP contribution is -2.39. The third-order valence-electron chi connectivity index (χ3n) is 6.20. The Bertz CT molecular complexity index is 1540. The summed E-state index contributed by atoms with van der Waals surface area (Å²) in [6.45, 7) is 0. The van der Waals surface area contributed by atoms with E-state index in [1.54, 1.807) is 34.9 Å². The number of amides is 1. The SMILES string of the molecule is N#Cc1ccc2c(c1)[nH]c(=O)n2[C@H]1CC[C@H](NC(=O)CSc2nc3ccccc3c(=O)[nH]2)CC1. The summed E-state index contributed by atoms with van der Waals surface area (Å²) in [4.78, 5) is 47.2. The average Bonchev–Trinajstić information content (AvgIpc) is 3.18. The maximum Gasteiger partial charge on any atom is 0.326 e. The highest BCUT2D eigenvalue weighted by molar-refractivity contribution is 7.99. The van der Waals surface area contributed by atoms with Crippen molar-refractivity contribution in [3.8, 4) is 6.07 Å². The maximum absolute atomic E-state index is 12.5. The normalized spacial score (nSPS) is 18.1. The van der Waals surface area contributed by atoms with Crippen LogP contribution in [0.1, 0.15) is 37.3 Å². The zero-order valence-corrected chi connectivity index (χ0v) is 19.0. The first-order valence-electron chi connectivity index (χ1n) is 11.1. The number of carbonyl (C=O) groups excluding carboxylic acids is 1. The molecule has 1 saturated carbocycles. The van der Waals surface area contributed by atoms with Gasteiger partial charge in [-0.25, -0.2) is 9.78 Å². The molecular formula is C24H22N6O3S. The summed E-state index contributed by atoms with van der Waals surface area (Å²) in [6.07, 6.45) is 3.07. The molecule has 2 aromatic heterocycles. The van der Waals surface area contributed by atoms with Crippen LogP contribution in [0.2, 0.25) is 0 Å². The number of aromatic amines is 2. The summed E-state index contributed by atoms with van der Waals surface area (Å²) < 4.78 is 1.77. The topological polar surface area (TPSA) is 136 Å². The van der Waals surface area contributed by atoms with Crippen LogP contribution in [0, 0.1) is 11.3 Å². The van der Waals surface area contributed by atoms with Gasteiger partial charge in [-0.15, -0.1) is 0 Å². The molecule has 34 heavy (non-hydrogen) atoms. The van der Waals surface area contributed by atoms with E-state index in [0.29, 0.717) is 27.1 Å². The minimum atomic E-state index is -0.219. The maximum atomic E-state index is 12.5. The number of carbonyl (C=O) groups is 1. The number of nitrogens with zero attached hydrogens (tertiary/aromatic N) is 3. The zero-order chi connectivity index (χ0) is 23.7. The molecule has 0 bridgehead atoms. The third-order valence-corrected chi connectivity index (χ3v) is 7.08. The van der Waals surface area contributed by atoms with Crippen molar-refractivity contribution in [3.63, 3.8) is 0 Å². The van der Waals surface area contributed by atoms with E-state index < -0.39 is 0 Å². The Morgan fingerprint density at radius 1 is 1.15 bits per heavy atom. The van der Waals surface area contributed by atoms with Crippen molar-refractivity contribution in [2.24, 2.45) is 0 Å². The van der Waals surface area contributed by atoms with Crippen LogP contribution in [-0.4, -0.2) is 37.2 Å². The molecule has 0 radical (unpaired) electrons. The third kappa shape index (κ3) is 4.34. The van der Waals surface area contributed by atoms with Crippen molar-refractivity contribution >= 4 is 39.6 Å². The van der Waals surface area contributed by atoms with E-state index in [2.05, 4.69) is 26.3 Å². The molecule has 0 saturated heterocycles. The number of H-pyrrole nitrogens is 2. The van der Waals surface area contributed by atoms with Gasteiger partial charge in [0.1, 0.15) is 0 Å². The van der Waals surface area contributed by atoms with E-state index in [4.69, 9.17) is 5.26 Å². The van der Waals surface area contributed by atoms with Crippen LogP contribution in [0.4, 0.5) is 0 Å². The first kappa shape index (κ1) is 22.0. The van der Waals surface area contributed by atoms with Crippen LogP contribution in [-0.2, 0) is 4.79 Å². The monoisotopic (exact) mass is 474 g/mol. The fraction of sp³-hybridized carbons (Fsp3) is 0.292. The van der Waals surface area contributed by atoms with Gasteiger partial charge in [0, 0.05) is 12.1 Å². The zero-order valence-electron chi connectivity index (χ0n) is 18.2. The lowest BCUT2D eigenvalue weighted by Gasteiger charge is -2.29. The molecule has 2 aromatic carbocycles. The first-order chi connectivity index (χ1) is 16.5. The predicted molar refractivity (Wildman–Crippen MR) is 130 cm³/mol. The first-order valence-corrected chi connectivity index (χ1v) is 12.1. The number of nitrogens with one attached hydrogen (secondary N) is 3. The van der Waals surface area contributed by atoms with Gasteiger partial charge in [-0.05, 0) is 56.0 Å². The van der Waals surface area contributed by atoms with Gasteiger partial charge in [0.15, 0.2) is 5.16 Å². The molecule has 3 N–H and O–H groups in total. The molecule has 4 aromatic rings. The molecule has 0 unspecified atom stereocenters. The van der Waals surface area contributed by atoms with Crippen LogP contribution >= 0.6 is 11.8 Å². The van der Waals surface area contributed by atoms with Crippen molar-refractivity contribution in [3.05, 3.63) is 68.9 Å². The van der Waals surface area contributed by atoms with Crippen molar-refractivity contribution in [2.45, 2.75) is 42.9 Å². The van der Waals surface area contributed by atoms with Crippen molar-refractivity contribution < 1.29 is 4.79 Å². The van der Waals surface area contributed by atoms with Gasteiger partial charge in [0.25, 0.3) is 5.56 Å². The number of para-hydroxylation sites is 1. The fourth-order valence-electron chi connectivity index (χ4n) is 4.58. The molecule has 0 spiro atoms. The molecule has 1 amide bonds. The number of benzene rings is 2. The summed E-state index contributed by atoms with van der Waals surface area (Å²) in [7, 11) is 0. The molecule has 1 aliphatic rings. The number of imidazole rings is 1. The van der Waals surface area contributed by atoms with Gasteiger partial charge in [-0.3, -0.25) is 14.2 Å². The van der Waals surface area contributed by atoms with E-state index in [0.717, 1.165) is 31.2 Å². The summed E-state index contributed by atoms with van der Waals surface area (Å²) in [5.74, 6) is 0.0437. The van der Waals surface area contributed by atoms with E-state index in [1.165, 1.54) is 11.8 Å². The second kappa shape index (κ2) is 9.19. The summed E-state index contributed by atoms with van der Waals surface area (Å²) >= 11 is 1.20. The molecule has 5 rings (SSSR count). The lowest BCUT2D eigenvalue weighted by molar-refractivity contribution is -0.119. The number of thioether (sulfide) groups is 1.